The van der Waals surface area contributed by atoms with Gasteiger partial charge in [-0.15, -0.1) is 0 Å². The second-order valence-electron chi connectivity index (χ2n) is 2.67. The normalized spacial score (nSPS) is 10.8. The molecule has 5 heteroatoms. The molecule has 0 aliphatic carbocycles. The molecule has 0 fully saturated rings. The standard InChI is InChI=1S/C10H12N2O2S/c1-3-11-12(4-2)9-5-7-10(8-6-9)15(13)14/h3-8,15H,2H2,1H3/b11-3-. The van der Waals surface area contributed by atoms with E-state index in [9.17, 15) is 8.42 Å². The van der Waals surface area contributed by atoms with Gasteiger partial charge in [-0.05, 0) is 31.2 Å². The summed E-state index contributed by atoms with van der Waals surface area (Å²) in [7, 11) is -2.52. The summed E-state index contributed by atoms with van der Waals surface area (Å²) in [6.07, 6.45) is 3.18. The van der Waals surface area contributed by atoms with Crippen molar-refractivity contribution < 1.29 is 8.42 Å². The van der Waals surface area contributed by atoms with Crippen LogP contribution in [0.5, 0.6) is 0 Å². The van der Waals surface area contributed by atoms with Crippen molar-refractivity contribution in [3.8, 4) is 0 Å². The number of anilines is 1. The largest absolute Gasteiger partial charge is 0.242 e. The Bertz CT molecular complexity index is 427. The highest BCUT2D eigenvalue weighted by Gasteiger charge is 2.00. The van der Waals surface area contributed by atoms with E-state index in [1.54, 1.807) is 36.5 Å². The van der Waals surface area contributed by atoms with E-state index >= 15 is 0 Å². The molecule has 0 saturated carbocycles. The highest BCUT2D eigenvalue weighted by molar-refractivity contribution is 7.72. The van der Waals surface area contributed by atoms with Gasteiger partial charge in [0.05, 0.1) is 10.6 Å². The molecule has 0 N–H and O–H groups in total. The Morgan fingerprint density at radius 3 is 2.33 bits per heavy atom. The summed E-state index contributed by atoms with van der Waals surface area (Å²) in [5.41, 5.74) is 0.767. The minimum atomic E-state index is -2.52. The first-order valence-corrected chi connectivity index (χ1v) is 5.51. The molecular formula is C10H12N2O2S. The van der Waals surface area contributed by atoms with E-state index in [2.05, 4.69) is 11.7 Å². The van der Waals surface area contributed by atoms with Crippen molar-refractivity contribution in [1.82, 2.24) is 0 Å². The van der Waals surface area contributed by atoms with E-state index in [4.69, 9.17) is 0 Å². The first-order valence-electron chi connectivity index (χ1n) is 4.34. The zero-order valence-corrected chi connectivity index (χ0v) is 9.22. The lowest BCUT2D eigenvalue weighted by molar-refractivity contribution is 0.614. The van der Waals surface area contributed by atoms with Crippen molar-refractivity contribution in [1.29, 1.82) is 0 Å². The monoisotopic (exact) mass is 224 g/mol. The van der Waals surface area contributed by atoms with E-state index in [1.165, 1.54) is 12.1 Å². The number of nitrogens with zero attached hydrogens (tertiary/aromatic N) is 2. The summed E-state index contributed by atoms with van der Waals surface area (Å²) >= 11 is 0. The maximum Gasteiger partial charge on any atom is 0.168 e. The molecule has 0 heterocycles. The van der Waals surface area contributed by atoms with Gasteiger partial charge in [-0.3, -0.25) is 0 Å². The van der Waals surface area contributed by atoms with E-state index in [0.29, 0.717) is 4.90 Å². The zero-order chi connectivity index (χ0) is 11.3. The Labute approximate surface area is 90.5 Å². The van der Waals surface area contributed by atoms with Crippen LogP contribution >= 0.6 is 0 Å². The van der Waals surface area contributed by atoms with Gasteiger partial charge in [0, 0.05) is 12.4 Å². The van der Waals surface area contributed by atoms with Gasteiger partial charge in [0.2, 0.25) is 0 Å². The average Bonchev–Trinajstić information content (AvgIpc) is 2.26. The van der Waals surface area contributed by atoms with Gasteiger partial charge < -0.3 is 0 Å². The summed E-state index contributed by atoms with van der Waals surface area (Å²) in [4.78, 5) is 0.290. The van der Waals surface area contributed by atoms with Crippen molar-refractivity contribution in [3.05, 3.63) is 37.0 Å². The Balaban J connectivity index is 3.01. The molecule has 0 unspecified atom stereocenters. The maximum absolute atomic E-state index is 10.7. The van der Waals surface area contributed by atoms with Crippen LogP contribution in [0.3, 0.4) is 0 Å². The number of thiol groups is 1. The molecule has 0 atom stereocenters. The molecule has 0 amide bonds. The van der Waals surface area contributed by atoms with Gasteiger partial charge >= 0.3 is 0 Å². The smallest absolute Gasteiger partial charge is 0.168 e. The van der Waals surface area contributed by atoms with Crippen LogP contribution < -0.4 is 5.01 Å². The number of hydrazone groups is 1. The fraction of sp³-hybridized carbons (Fsp3) is 0.100. The molecule has 4 nitrogen and oxygen atoms in total. The van der Waals surface area contributed by atoms with Gasteiger partial charge in [0.15, 0.2) is 10.7 Å². The molecule has 0 spiro atoms. The van der Waals surface area contributed by atoms with Crippen molar-refractivity contribution in [2.45, 2.75) is 11.8 Å². The summed E-state index contributed by atoms with van der Waals surface area (Å²) < 4.78 is 21.3. The molecule has 0 saturated heterocycles. The highest BCUT2D eigenvalue weighted by atomic mass is 32.2. The maximum atomic E-state index is 10.7. The van der Waals surface area contributed by atoms with Crippen LogP contribution in [0.25, 0.3) is 0 Å². The van der Waals surface area contributed by atoms with Crippen LogP contribution in [0.1, 0.15) is 6.92 Å². The summed E-state index contributed by atoms with van der Waals surface area (Å²) in [6, 6.07) is 6.41. The van der Waals surface area contributed by atoms with E-state index in [0.717, 1.165) is 5.69 Å². The summed E-state index contributed by atoms with van der Waals surface area (Å²) in [6.45, 7) is 5.40. The fourth-order valence-electron chi connectivity index (χ4n) is 1.07. The van der Waals surface area contributed by atoms with Crippen molar-refractivity contribution >= 4 is 22.6 Å². The molecule has 0 aliphatic rings. The predicted molar refractivity (Wildman–Crippen MR) is 61.9 cm³/mol. The van der Waals surface area contributed by atoms with E-state index in [-0.39, 0.29) is 0 Å². The minimum Gasteiger partial charge on any atom is -0.242 e. The molecule has 0 bridgehead atoms. The van der Waals surface area contributed by atoms with Gasteiger partial charge in [0.25, 0.3) is 0 Å². The van der Waals surface area contributed by atoms with Crippen molar-refractivity contribution in [2.24, 2.45) is 5.10 Å². The molecule has 15 heavy (non-hydrogen) atoms. The zero-order valence-electron chi connectivity index (χ0n) is 8.33. The quantitative estimate of drug-likeness (QED) is 0.480. The van der Waals surface area contributed by atoms with E-state index < -0.39 is 10.7 Å². The highest BCUT2D eigenvalue weighted by Crippen LogP contribution is 2.16. The SMILES string of the molecule is C=CN(/N=C\C)c1ccc([SH](=O)=O)cc1. The van der Waals surface area contributed by atoms with Gasteiger partial charge in [-0.25, -0.2) is 13.4 Å². The second kappa shape index (κ2) is 5.31. The number of hydrogen-bond donors (Lipinski definition) is 1. The van der Waals surface area contributed by atoms with Gasteiger partial charge in [0.1, 0.15) is 0 Å². The topological polar surface area (TPSA) is 49.7 Å². The molecule has 1 rings (SSSR count). The second-order valence-corrected chi connectivity index (χ2v) is 3.70. The first-order chi connectivity index (χ1) is 7.19. The Hall–Kier alpha value is -1.62. The van der Waals surface area contributed by atoms with Gasteiger partial charge in [-0.2, -0.15) is 5.10 Å². The van der Waals surface area contributed by atoms with Crippen LogP contribution in [-0.2, 0) is 10.7 Å². The molecule has 0 aliphatic heterocycles. The van der Waals surface area contributed by atoms with Crippen LogP contribution in [0, 0.1) is 0 Å². The van der Waals surface area contributed by atoms with Gasteiger partial charge in [-0.1, -0.05) is 6.58 Å². The number of benzene rings is 1. The summed E-state index contributed by atoms with van der Waals surface area (Å²) in [5.74, 6) is 0. The Morgan fingerprint density at radius 2 is 1.93 bits per heavy atom. The third-order valence-corrected chi connectivity index (χ3v) is 2.46. The van der Waals surface area contributed by atoms with Crippen LogP contribution in [0.2, 0.25) is 0 Å². The van der Waals surface area contributed by atoms with Crippen LogP contribution in [0.15, 0.2) is 47.0 Å². The summed E-state index contributed by atoms with van der Waals surface area (Å²) in [5, 5.41) is 5.58. The number of hydrogen-bond acceptors (Lipinski definition) is 4. The number of rotatable bonds is 4. The lowest BCUT2D eigenvalue weighted by atomic mass is 10.3. The molecule has 0 radical (unpaired) electrons. The molecular weight excluding hydrogens is 212 g/mol. The third-order valence-electron chi connectivity index (χ3n) is 1.74. The molecule has 0 aromatic heterocycles. The predicted octanol–water partition coefficient (Wildman–Crippen LogP) is 1.61. The average molecular weight is 224 g/mol. The molecule has 1 aromatic rings. The minimum absolute atomic E-state index is 0.290. The van der Waals surface area contributed by atoms with E-state index in [1.807, 2.05) is 0 Å². The molecule has 80 valence electrons. The fourth-order valence-corrected chi connectivity index (χ4v) is 1.46. The third kappa shape index (κ3) is 2.92. The lowest BCUT2D eigenvalue weighted by Crippen LogP contribution is -2.06. The molecule has 1 aromatic carbocycles. The van der Waals surface area contributed by atoms with Crippen molar-refractivity contribution in [2.75, 3.05) is 5.01 Å². The van der Waals surface area contributed by atoms with Crippen LogP contribution in [0.4, 0.5) is 5.69 Å². The van der Waals surface area contributed by atoms with Crippen LogP contribution in [-0.4, -0.2) is 14.6 Å². The Kier molecular flexibility index (Phi) is 4.05. The lowest BCUT2D eigenvalue weighted by Gasteiger charge is -2.12. The first kappa shape index (κ1) is 11.5. The Morgan fingerprint density at radius 1 is 1.33 bits per heavy atom. The van der Waals surface area contributed by atoms with Crippen molar-refractivity contribution in [3.63, 3.8) is 0 Å².